The highest BCUT2D eigenvalue weighted by Gasteiger charge is 2.48. The van der Waals surface area contributed by atoms with E-state index >= 15 is 0 Å². The van der Waals surface area contributed by atoms with Crippen LogP contribution in [0, 0.1) is 0 Å². The van der Waals surface area contributed by atoms with E-state index < -0.39 is 11.6 Å². The molecule has 5 nitrogen and oxygen atoms in total. The summed E-state index contributed by atoms with van der Waals surface area (Å²) in [7, 11) is 1.82. The third kappa shape index (κ3) is 4.54. The molecule has 1 atom stereocenters. The average Bonchev–Trinajstić information content (AvgIpc) is 2.94. The third-order valence-electron chi connectivity index (χ3n) is 6.76. The number of hydrogen-bond acceptors (Lipinski definition) is 3. The normalized spacial score (nSPS) is 20.2. The summed E-state index contributed by atoms with van der Waals surface area (Å²) in [4.78, 5) is 30.4. The van der Waals surface area contributed by atoms with E-state index in [0.717, 1.165) is 29.5 Å². The first kappa shape index (κ1) is 23.8. The maximum atomic E-state index is 13.5. The monoisotopic (exact) mass is 486 g/mol. The fourth-order valence-electron chi connectivity index (χ4n) is 4.74. The van der Waals surface area contributed by atoms with E-state index in [1.54, 1.807) is 21.9 Å². The van der Waals surface area contributed by atoms with Gasteiger partial charge in [-0.2, -0.15) is 0 Å². The van der Waals surface area contributed by atoms with E-state index in [1.807, 2.05) is 43.4 Å². The second kappa shape index (κ2) is 9.49. The van der Waals surface area contributed by atoms with Crippen molar-refractivity contribution in [3.63, 3.8) is 0 Å². The Morgan fingerprint density at radius 1 is 1.12 bits per heavy atom. The summed E-state index contributed by atoms with van der Waals surface area (Å²) in [6.45, 7) is 4.92. The van der Waals surface area contributed by atoms with Crippen molar-refractivity contribution in [1.29, 1.82) is 0 Å². The minimum Gasteiger partial charge on any atom is -0.367 e. The highest BCUT2D eigenvalue weighted by atomic mass is 35.5. The molecule has 2 aliphatic heterocycles. The molecule has 0 bridgehead atoms. The molecule has 0 aliphatic carbocycles. The van der Waals surface area contributed by atoms with Gasteiger partial charge in [-0.05, 0) is 55.5 Å². The van der Waals surface area contributed by atoms with Gasteiger partial charge in [-0.1, -0.05) is 59.6 Å². The molecule has 2 aliphatic rings. The molecule has 0 spiro atoms. The number of amides is 2. The van der Waals surface area contributed by atoms with Crippen LogP contribution >= 0.6 is 23.2 Å². The van der Waals surface area contributed by atoms with Crippen LogP contribution in [0.25, 0.3) is 0 Å². The Hall–Kier alpha value is -2.34. The van der Waals surface area contributed by atoms with Crippen molar-refractivity contribution in [3.8, 4) is 0 Å². The second-order valence-electron chi connectivity index (χ2n) is 9.06. The summed E-state index contributed by atoms with van der Waals surface area (Å²) in [5.74, 6) is -0.216. The Morgan fingerprint density at radius 2 is 1.85 bits per heavy atom. The summed E-state index contributed by atoms with van der Waals surface area (Å²) < 4.78 is 5.75. The first-order valence-electron chi connectivity index (χ1n) is 11.1. The highest BCUT2D eigenvalue weighted by molar-refractivity contribution is 6.42. The first-order valence-corrected chi connectivity index (χ1v) is 11.8. The van der Waals surface area contributed by atoms with E-state index in [1.165, 1.54) is 0 Å². The van der Waals surface area contributed by atoms with Gasteiger partial charge in [-0.3, -0.25) is 9.59 Å². The average molecular weight is 487 g/mol. The molecular formula is C26H28Cl2N2O3. The van der Waals surface area contributed by atoms with Crippen molar-refractivity contribution in [2.24, 2.45) is 0 Å². The Kier molecular flexibility index (Phi) is 6.85. The van der Waals surface area contributed by atoms with Gasteiger partial charge in [0, 0.05) is 19.2 Å². The number of benzene rings is 2. The molecule has 0 saturated carbocycles. The summed E-state index contributed by atoms with van der Waals surface area (Å²) in [5.41, 5.74) is 3.10. The molecular weight excluding hydrogens is 459 g/mol. The number of likely N-dealkylation sites (N-methyl/N-ethyl adjacent to an activating group) is 1. The molecule has 2 aromatic carbocycles. The molecule has 0 N–H and O–H groups in total. The van der Waals surface area contributed by atoms with Crippen molar-refractivity contribution in [1.82, 2.24) is 9.80 Å². The minimum atomic E-state index is -0.540. The van der Waals surface area contributed by atoms with Crippen LogP contribution in [0.3, 0.4) is 0 Å². The zero-order chi connectivity index (χ0) is 23.8. The molecule has 4 rings (SSSR count). The Balaban J connectivity index is 1.68. The van der Waals surface area contributed by atoms with Crippen molar-refractivity contribution in [2.75, 3.05) is 20.2 Å². The Morgan fingerprint density at radius 3 is 2.55 bits per heavy atom. The Bertz CT molecular complexity index is 1100. The molecule has 0 saturated heterocycles. The van der Waals surface area contributed by atoms with Crippen LogP contribution in [-0.4, -0.2) is 47.4 Å². The van der Waals surface area contributed by atoms with Crippen LogP contribution < -0.4 is 0 Å². The molecule has 0 aromatic heterocycles. The van der Waals surface area contributed by atoms with Gasteiger partial charge >= 0.3 is 0 Å². The number of rotatable bonds is 5. The lowest BCUT2D eigenvalue weighted by Crippen LogP contribution is -2.43. The van der Waals surface area contributed by atoms with Crippen LogP contribution in [0.4, 0.5) is 0 Å². The van der Waals surface area contributed by atoms with Crippen LogP contribution in [-0.2, 0) is 20.9 Å². The highest BCUT2D eigenvalue weighted by Crippen LogP contribution is 2.46. The molecule has 2 amide bonds. The topological polar surface area (TPSA) is 49.9 Å². The molecule has 7 heteroatoms. The largest absolute Gasteiger partial charge is 0.367 e. The predicted octanol–water partition coefficient (Wildman–Crippen LogP) is 5.42. The van der Waals surface area contributed by atoms with Crippen molar-refractivity contribution >= 4 is 35.0 Å². The summed E-state index contributed by atoms with van der Waals surface area (Å²) in [6, 6.07) is 14.5. The van der Waals surface area contributed by atoms with Crippen LogP contribution in [0.1, 0.15) is 43.9 Å². The minimum absolute atomic E-state index is 0.0593. The number of nitrogens with zero attached hydrogens (tertiary/aromatic N) is 2. The van der Waals surface area contributed by atoms with Crippen molar-refractivity contribution in [3.05, 3.63) is 80.8 Å². The zero-order valence-electron chi connectivity index (χ0n) is 19.1. The smallest absolute Gasteiger partial charge is 0.252 e. The second-order valence-corrected chi connectivity index (χ2v) is 9.87. The maximum Gasteiger partial charge on any atom is 0.252 e. The van der Waals surface area contributed by atoms with E-state index in [2.05, 4.69) is 13.8 Å². The number of ether oxygens (including phenoxy) is 1. The van der Waals surface area contributed by atoms with Gasteiger partial charge in [0.2, 0.25) is 5.91 Å². The van der Waals surface area contributed by atoms with Gasteiger partial charge in [0.1, 0.15) is 6.61 Å². The van der Waals surface area contributed by atoms with Gasteiger partial charge in [-0.25, -0.2) is 0 Å². The SMILES string of the molecule is CN1C(=O)C2=C(CCCN(C(=O)COCc3ccccc3)C2c2ccc(Cl)c(Cl)c2)C1(C)C. The fourth-order valence-corrected chi connectivity index (χ4v) is 5.05. The number of halogens is 2. The lowest BCUT2D eigenvalue weighted by Gasteiger charge is -2.33. The standard InChI is InChI=1S/C26H28Cl2N2O3/c1-26(2)19-10-7-13-30(22(31)16-33-15-17-8-5-4-6-9-17)24(23(19)25(32)29(26)3)18-11-12-20(27)21(28)14-18/h4-6,8-9,11-12,14,24H,7,10,13,15-16H2,1-3H3. The van der Waals surface area contributed by atoms with Gasteiger partial charge in [0.25, 0.3) is 5.91 Å². The fraction of sp³-hybridized carbons (Fsp3) is 0.385. The lowest BCUT2D eigenvalue weighted by molar-refractivity contribution is -0.139. The number of carbonyl (C=O) groups excluding carboxylic acids is 2. The van der Waals surface area contributed by atoms with Gasteiger partial charge < -0.3 is 14.5 Å². The summed E-state index contributed by atoms with van der Waals surface area (Å²) in [6.07, 6.45) is 1.52. The van der Waals surface area contributed by atoms with E-state index in [4.69, 9.17) is 27.9 Å². The van der Waals surface area contributed by atoms with E-state index in [9.17, 15) is 9.59 Å². The van der Waals surface area contributed by atoms with Gasteiger partial charge in [0.15, 0.2) is 0 Å². The molecule has 174 valence electrons. The first-order chi connectivity index (χ1) is 15.7. The molecule has 33 heavy (non-hydrogen) atoms. The lowest BCUT2D eigenvalue weighted by atomic mass is 9.87. The Labute approximate surface area is 204 Å². The molecule has 2 aromatic rings. The van der Waals surface area contributed by atoms with Gasteiger partial charge in [-0.15, -0.1) is 0 Å². The predicted molar refractivity (Wildman–Crippen MR) is 130 cm³/mol. The van der Waals surface area contributed by atoms with E-state index in [0.29, 0.717) is 28.8 Å². The summed E-state index contributed by atoms with van der Waals surface area (Å²) in [5, 5.41) is 0.828. The third-order valence-corrected chi connectivity index (χ3v) is 7.50. The number of hydrogen-bond donors (Lipinski definition) is 0. The van der Waals surface area contributed by atoms with Crippen LogP contribution in [0.5, 0.6) is 0 Å². The summed E-state index contributed by atoms with van der Waals surface area (Å²) >= 11 is 12.5. The molecule has 0 fully saturated rings. The quantitative estimate of drug-likeness (QED) is 0.566. The number of carbonyl (C=O) groups is 2. The van der Waals surface area contributed by atoms with Crippen molar-refractivity contribution in [2.45, 2.75) is 44.9 Å². The molecule has 2 heterocycles. The molecule has 1 unspecified atom stereocenters. The van der Waals surface area contributed by atoms with Crippen molar-refractivity contribution < 1.29 is 14.3 Å². The zero-order valence-corrected chi connectivity index (χ0v) is 20.6. The maximum absolute atomic E-state index is 13.5. The van der Waals surface area contributed by atoms with Crippen LogP contribution in [0.2, 0.25) is 10.0 Å². The van der Waals surface area contributed by atoms with Crippen LogP contribution in [0.15, 0.2) is 59.7 Å². The van der Waals surface area contributed by atoms with Gasteiger partial charge in [0.05, 0.1) is 28.2 Å². The molecule has 0 radical (unpaired) electrons. The van der Waals surface area contributed by atoms with E-state index in [-0.39, 0.29) is 18.4 Å².